The van der Waals surface area contributed by atoms with E-state index in [-0.39, 0.29) is 0 Å². The molecule has 108 valence electrons. The topological polar surface area (TPSA) is 56.5 Å². The highest BCUT2D eigenvalue weighted by molar-refractivity contribution is 5.37. The van der Waals surface area contributed by atoms with Gasteiger partial charge in [-0.1, -0.05) is 19.1 Å². The molecule has 0 aliphatic heterocycles. The zero-order valence-electron chi connectivity index (χ0n) is 12.0. The number of aliphatic hydroxyl groups is 1. The number of nitrogens with zero attached hydrogens (tertiary/aromatic N) is 2. The Bertz CT molecular complexity index is 549. The van der Waals surface area contributed by atoms with Gasteiger partial charge in [-0.2, -0.15) is 5.10 Å². The maximum atomic E-state index is 10.5. The molecule has 0 spiro atoms. The first-order chi connectivity index (χ1) is 9.67. The normalized spacial score (nSPS) is 12.2. The first-order valence-electron chi connectivity index (χ1n) is 6.64. The molecule has 0 aliphatic carbocycles. The van der Waals surface area contributed by atoms with Gasteiger partial charge in [-0.05, 0) is 24.1 Å². The van der Waals surface area contributed by atoms with E-state index in [1.807, 2.05) is 24.3 Å². The van der Waals surface area contributed by atoms with Crippen molar-refractivity contribution in [3.05, 3.63) is 41.7 Å². The molecule has 1 aromatic heterocycles. The van der Waals surface area contributed by atoms with E-state index in [9.17, 15) is 5.11 Å². The highest BCUT2D eigenvalue weighted by Crippen LogP contribution is 2.30. The van der Waals surface area contributed by atoms with Gasteiger partial charge in [0.25, 0.3) is 0 Å². The lowest BCUT2D eigenvalue weighted by Gasteiger charge is -2.14. The average Bonchev–Trinajstić information content (AvgIpc) is 2.86. The third-order valence-corrected chi connectivity index (χ3v) is 3.10. The van der Waals surface area contributed by atoms with Crippen LogP contribution in [0, 0.1) is 0 Å². The van der Waals surface area contributed by atoms with Crippen LogP contribution in [0.25, 0.3) is 0 Å². The minimum atomic E-state index is -0.780. The van der Waals surface area contributed by atoms with Crippen LogP contribution in [-0.2, 0) is 7.05 Å². The van der Waals surface area contributed by atoms with Gasteiger partial charge in [0.05, 0.1) is 19.9 Å². The smallest absolute Gasteiger partial charge is 0.162 e. The number of aryl methyl sites for hydroxylation is 1. The highest BCUT2D eigenvalue weighted by atomic mass is 16.5. The minimum Gasteiger partial charge on any atom is -0.494 e. The van der Waals surface area contributed by atoms with E-state index >= 15 is 0 Å². The number of aromatic nitrogens is 2. The van der Waals surface area contributed by atoms with Crippen LogP contribution < -0.4 is 9.47 Å². The Balaban J connectivity index is 2.20. The molecule has 0 saturated heterocycles. The van der Waals surface area contributed by atoms with E-state index in [4.69, 9.17) is 9.47 Å². The van der Waals surface area contributed by atoms with Crippen LogP contribution in [0.15, 0.2) is 30.5 Å². The minimum absolute atomic E-state index is 0.575. The molecule has 0 radical (unpaired) electrons. The van der Waals surface area contributed by atoms with E-state index in [1.165, 1.54) is 0 Å². The van der Waals surface area contributed by atoms with Gasteiger partial charge >= 0.3 is 0 Å². The zero-order chi connectivity index (χ0) is 14.5. The molecule has 5 heteroatoms. The number of hydrogen-bond donors (Lipinski definition) is 1. The Morgan fingerprint density at radius 1 is 1.30 bits per heavy atom. The SMILES string of the molecule is CCCOc1ccc(C(O)c2c(OC)cnn2C)cc1. The Labute approximate surface area is 118 Å². The van der Waals surface area contributed by atoms with Crippen molar-refractivity contribution >= 4 is 0 Å². The average molecular weight is 276 g/mol. The maximum Gasteiger partial charge on any atom is 0.162 e. The summed E-state index contributed by atoms with van der Waals surface area (Å²) in [4.78, 5) is 0. The summed E-state index contributed by atoms with van der Waals surface area (Å²) in [5.41, 5.74) is 1.41. The van der Waals surface area contributed by atoms with E-state index in [1.54, 1.807) is 25.0 Å². The van der Waals surface area contributed by atoms with Gasteiger partial charge in [-0.3, -0.25) is 4.68 Å². The van der Waals surface area contributed by atoms with Crippen LogP contribution in [0.2, 0.25) is 0 Å². The van der Waals surface area contributed by atoms with Crippen LogP contribution in [-0.4, -0.2) is 28.6 Å². The quantitative estimate of drug-likeness (QED) is 0.879. The predicted octanol–water partition coefficient (Wildman–Crippen LogP) is 2.30. The number of ether oxygens (including phenoxy) is 2. The van der Waals surface area contributed by atoms with Gasteiger partial charge in [0, 0.05) is 7.05 Å². The van der Waals surface area contributed by atoms with Crippen molar-refractivity contribution in [2.75, 3.05) is 13.7 Å². The van der Waals surface area contributed by atoms with E-state index in [0.29, 0.717) is 18.1 Å². The van der Waals surface area contributed by atoms with Crippen molar-refractivity contribution < 1.29 is 14.6 Å². The first-order valence-corrected chi connectivity index (χ1v) is 6.64. The molecular weight excluding hydrogens is 256 g/mol. The van der Waals surface area contributed by atoms with Crippen molar-refractivity contribution in [1.29, 1.82) is 0 Å². The predicted molar refractivity (Wildman–Crippen MR) is 76.0 cm³/mol. The summed E-state index contributed by atoms with van der Waals surface area (Å²) in [5.74, 6) is 1.38. The molecule has 1 unspecified atom stereocenters. The molecule has 1 atom stereocenters. The van der Waals surface area contributed by atoms with Gasteiger partial charge < -0.3 is 14.6 Å². The fourth-order valence-electron chi connectivity index (χ4n) is 2.02. The van der Waals surface area contributed by atoms with Gasteiger partial charge in [0.2, 0.25) is 0 Å². The first kappa shape index (κ1) is 14.4. The molecule has 2 rings (SSSR count). The van der Waals surface area contributed by atoms with Crippen molar-refractivity contribution in [2.24, 2.45) is 7.05 Å². The second kappa shape index (κ2) is 6.43. The molecular formula is C15H20N2O3. The molecule has 0 amide bonds. The second-order valence-electron chi connectivity index (χ2n) is 4.54. The standard InChI is InChI=1S/C15H20N2O3/c1-4-9-20-12-7-5-11(6-8-12)15(18)14-13(19-3)10-16-17(14)2/h5-8,10,15,18H,4,9H2,1-3H3. The Kier molecular flexibility index (Phi) is 4.63. The molecule has 0 saturated carbocycles. The summed E-state index contributed by atoms with van der Waals surface area (Å²) in [6, 6.07) is 7.41. The number of aliphatic hydroxyl groups excluding tert-OH is 1. The van der Waals surface area contributed by atoms with Crippen molar-refractivity contribution in [1.82, 2.24) is 9.78 Å². The Morgan fingerprint density at radius 2 is 2.00 bits per heavy atom. The molecule has 5 nitrogen and oxygen atoms in total. The molecule has 1 N–H and O–H groups in total. The Morgan fingerprint density at radius 3 is 2.60 bits per heavy atom. The lowest BCUT2D eigenvalue weighted by atomic mass is 10.1. The van der Waals surface area contributed by atoms with Crippen LogP contribution in [0.4, 0.5) is 0 Å². The fraction of sp³-hybridized carbons (Fsp3) is 0.400. The van der Waals surface area contributed by atoms with Gasteiger partial charge in [0.1, 0.15) is 17.5 Å². The van der Waals surface area contributed by atoms with E-state index in [2.05, 4.69) is 12.0 Å². The summed E-state index contributed by atoms with van der Waals surface area (Å²) in [6.45, 7) is 2.75. The molecule has 1 heterocycles. The van der Waals surface area contributed by atoms with Crippen molar-refractivity contribution in [2.45, 2.75) is 19.4 Å². The molecule has 2 aromatic rings. The monoisotopic (exact) mass is 276 g/mol. The molecule has 0 bridgehead atoms. The summed E-state index contributed by atoms with van der Waals surface area (Å²) in [7, 11) is 3.34. The third kappa shape index (κ3) is 2.93. The molecule has 0 aliphatic rings. The second-order valence-corrected chi connectivity index (χ2v) is 4.54. The lowest BCUT2D eigenvalue weighted by molar-refractivity contribution is 0.204. The van der Waals surface area contributed by atoms with Gasteiger partial charge in [0.15, 0.2) is 5.75 Å². The summed E-state index contributed by atoms with van der Waals surface area (Å²) in [6.07, 6.45) is 1.78. The molecule has 1 aromatic carbocycles. The zero-order valence-corrected chi connectivity index (χ0v) is 12.0. The maximum absolute atomic E-state index is 10.5. The van der Waals surface area contributed by atoms with Crippen LogP contribution in [0.1, 0.15) is 30.7 Å². The molecule has 0 fully saturated rings. The van der Waals surface area contributed by atoms with Gasteiger partial charge in [-0.15, -0.1) is 0 Å². The highest BCUT2D eigenvalue weighted by Gasteiger charge is 2.20. The molecule has 20 heavy (non-hydrogen) atoms. The van der Waals surface area contributed by atoms with Crippen molar-refractivity contribution in [3.8, 4) is 11.5 Å². The largest absolute Gasteiger partial charge is 0.494 e. The summed E-state index contributed by atoms with van der Waals surface area (Å²) in [5, 5.41) is 14.6. The van der Waals surface area contributed by atoms with Crippen molar-refractivity contribution in [3.63, 3.8) is 0 Å². The fourth-order valence-corrected chi connectivity index (χ4v) is 2.02. The van der Waals surface area contributed by atoms with E-state index < -0.39 is 6.10 Å². The number of benzene rings is 1. The number of methoxy groups -OCH3 is 1. The van der Waals surface area contributed by atoms with Gasteiger partial charge in [-0.25, -0.2) is 0 Å². The number of rotatable bonds is 6. The number of hydrogen-bond acceptors (Lipinski definition) is 4. The van der Waals surface area contributed by atoms with E-state index in [0.717, 1.165) is 17.7 Å². The van der Waals surface area contributed by atoms with Crippen LogP contribution >= 0.6 is 0 Å². The lowest BCUT2D eigenvalue weighted by Crippen LogP contribution is -2.08. The van der Waals surface area contributed by atoms with Crippen LogP contribution in [0.5, 0.6) is 11.5 Å². The third-order valence-electron chi connectivity index (χ3n) is 3.10. The summed E-state index contributed by atoms with van der Waals surface area (Å²) >= 11 is 0. The Hall–Kier alpha value is -2.01. The van der Waals surface area contributed by atoms with Crippen LogP contribution in [0.3, 0.4) is 0 Å². The summed E-state index contributed by atoms with van der Waals surface area (Å²) < 4.78 is 12.4.